The SMILES string of the molecule is CC(CCc1cn2ccsc2n1)CNC(C)C. The van der Waals surface area contributed by atoms with E-state index in [1.165, 1.54) is 12.1 Å². The van der Waals surface area contributed by atoms with Crippen LogP contribution < -0.4 is 5.32 Å². The Kier molecular flexibility index (Phi) is 4.18. The standard InChI is InChI=1S/C13H21N3S/c1-10(2)14-8-11(3)4-5-12-9-16-6-7-17-13(16)15-12/h6-7,9-11,14H,4-5,8H2,1-3H3. The third-order valence-corrected chi connectivity index (χ3v) is 3.68. The molecule has 2 aromatic rings. The van der Waals surface area contributed by atoms with Gasteiger partial charge in [0.15, 0.2) is 4.96 Å². The number of aromatic nitrogens is 2. The molecule has 0 saturated heterocycles. The van der Waals surface area contributed by atoms with Crippen LogP contribution >= 0.6 is 11.3 Å². The average Bonchev–Trinajstić information content (AvgIpc) is 2.83. The minimum atomic E-state index is 0.579. The molecule has 2 aromatic heterocycles. The van der Waals surface area contributed by atoms with Gasteiger partial charge in [-0.2, -0.15) is 0 Å². The molecule has 94 valence electrons. The fraction of sp³-hybridized carbons (Fsp3) is 0.615. The summed E-state index contributed by atoms with van der Waals surface area (Å²) < 4.78 is 2.11. The van der Waals surface area contributed by atoms with Crippen LogP contribution in [0, 0.1) is 5.92 Å². The summed E-state index contributed by atoms with van der Waals surface area (Å²) in [5.74, 6) is 0.706. The molecule has 0 aliphatic carbocycles. The average molecular weight is 251 g/mol. The number of rotatable bonds is 6. The second kappa shape index (κ2) is 5.65. The van der Waals surface area contributed by atoms with Gasteiger partial charge in [0.2, 0.25) is 0 Å². The zero-order chi connectivity index (χ0) is 12.3. The van der Waals surface area contributed by atoms with E-state index in [0.717, 1.165) is 17.9 Å². The van der Waals surface area contributed by atoms with E-state index >= 15 is 0 Å². The summed E-state index contributed by atoms with van der Waals surface area (Å²) in [5.41, 5.74) is 1.22. The van der Waals surface area contributed by atoms with Crippen molar-refractivity contribution in [3.63, 3.8) is 0 Å². The number of nitrogens with zero attached hydrogens (tertiary/aromatic N) is 2. The topological polar surface area (TPSA) is 29.3 Å². The first-order valence-electron chi connectivity index (χ1n) is 6.29. The first-order chi connectivity index (χ1) is 8.15. The predicted octanol–water partition coefficient (Wildman–Crippen LogP) is 2.96. The first-order valence-corrected chi connectivity index (χ1v) is 7.17. The maximum atomic E-state index is 4.60. The van der Waals surface area contributed by atoms with Crippen molar-refractivity contribution in [2.75, 3.05) is 6.54 Å². The second-order valence-electron chi connectivity index (χ2n) is 5.03. The number of hydrogen-bond acceptors (Lipinski definition) is 3. The molecule has 0 aliphatic rings. The Balaban J connectivity index is 1.79. The van der Waals surface area contributed by atoms with Crippen LogP contribution in [0.3, 0.4) is 0 Å². The molecule has 4 heteroatoms. The van der Waals surface area contributed by atoms with Crippen molar-refractivity contribution < 1.29 is 0 Å². The van der Waals surface area contributed by atoms with Crippen LogP contribution in [0.25, 0.3) is 4.96 Å². The van der Waals surface area contributed by atoms with Crippen LogP contribution in [0.5, 0.6) is 0 Å². The van der Waals surface area contributed by atoms with Gasteiger partial charge in [-0.05, 0) is 25.3 Å². The third-order valence-electron chi connectivity index (χ3n) is 2.91. The van der Waals surface area contributed by atoms with Gasteiger partial charge in [0.25, 0.3) is 0 Å². The number of hydrogen-bond donors (Lipinski definition) is 1. The zero-order valence-electron chi connectivity index (χ0n) is 10.8. The third kappa shape index (κ3) is 3.54. The minimum absolute atomic E-state index is 0.579. The fourth-order valence-corrected chi connectivity index (χ4v) is 2.55. The van der Waals surface area contributed by atoms with Gasteiger partial charge in [0, 0.05) is 23.8 Å². The van der Waals surface area contributed by atoms with E-state index in [2.05, 4.69) is 53.2 Å². The summed E-state index contributed by atoms with van der Waals surface area (Å²) >= 11 is 1.70. The summed E-state index contributed by atoms with van der Waals surface area (Å²) in [5, 5.41) is 5.55. The lowest BCUT2D eigenvalue weighted by Gasteiger charge is -2.13. The molecule has 0 bridgehead atoms. The Labute approximate surface area is 107 Å². The number of nitrogens with one attached hydrogen (secondary N) is 1. The highest BCUT2D eigenvalue weighted by atomic mass is 32.1. The van der Waals surface area contributed by atoms with Crippen molar-refractivity contribution in [1.29, 1.82) is 0 Å². The lowest BCUT2D eigenvalue weighted by molar-refractivity contribution is 0.452. The minimum Gasteiger partial charge on any atom is -0.314 e. The molecule has 0 saturated carbocycles. The van der Waals surface area contributed by atoms with E-state index in [1.54, 1.807) is 11.3 Å². The summed E-state index contributed by atoms with van der Waals surface area (Å²) in [6.45, 7) is 7.78. The fourth-order valence-electron chi connectivity index (χ4n) is 1.83. The smallest absolute Gasteiger partial charge is 0.193 e. The van der Waals surface area contributed by atoms with Crippen LogP contribution in [0.1, 0.15) is 32.9 Å². The van der Waals surface area contributed by atoms with Crippen molar-refractivity contribution in [2.45, 2.75) is 39.7 Å². The molecular formula is C13H21N3S. The van der Waals surface area contributed by atoms with Gasteiger partial charge < -0.3 is 5.32 Å². The molecule has 17 heavy (non-hydrogen) atoms. The van der Waals surface area contributed by atoms with E-state index < -0.39 is 0 Å². The highest BCUT2D eigenvalue weighted by molar-refractivity contribution is 7.15. The van der Waals surface area contributed by atoms with Crippen LogP contribution in [-0.4, -0.2) is 22.0 Å². The lowest BCUT2D eigenvalue weighted by Crippen LogP contribution is -2.28. The monoisotopic (exact) mass is 251 g/mol. The van der Waals surface area contributed by atoms with E-state index in [1.807, 2.05) is 0 Å². The van der Waals surface area contributed by atoms with Gasteiger partial charge in [-0.25, -0.2) is 4.98 Å². The molecule has 3 nitrogen and oxygen atoms in total. The van der Waals surface area contributed by atoms with E-state index in [0.29, 0.717) is 12.0 Å². The van der Waals surface area contributed by atoms with Gasteiger partial charge in [-0.1, -0.05) is 20.8 Å². The van der Waals surface area contributed by atoms with E-state index in [4.69, 9.17) is 0 Å². The lowest BCUT2D eigenvalue weighted by atomic mass is 10.0. The van der Waals surface area contributed by atoms with Crippen LogP contribution in [0.4, 0.5) is 0 Å². The van der Waals surface area contributed by atoms with Crippen molar-refractivity contribution in [3.8, 4) is 0 Å². The van der Waals surface area contributed by atoms with Crippen LogP contribution in [-0.2, 0) is 6.42 Å². The van der Waals surface area contributed by atoms with Crippen LogP contribution in [0.15, 0.2) is 17.8 Å². The van der Waals surface area contributed by atoms with Gasteiger partial charge in [-0.15, -0.1) is 11.3 Å². The molecule has 2 heterocycles. The molecule has 0 fully saturated rings. The zero-order valence-corrected chi connectivity index (χ0v) is 11.6. The summed E-state index contributed by atoms with van der Waals surface area (Å²) in [4.78, 5) is 5.71. The predicted molar refractivity (Wildman–Crippen MR) is 73.7 cm³/mol. The molecule has 0 spiro atoms. The van der Waals surface area contributed by atoms with Crippen molar-refractivity contribution in [1.82, 2.24) is 14.7 Å². The Bertz CT molecular complexity index is 429. The Morgan fingerprint density at radius 2 is 2.24 bits per heavy atom. The molecule has 1 N–H and O–H groups in total. The Morgan fingerprint density at radius 3 is 2.94 bits per heavy atom. The largest absolute Gasteiger partial charge is 0.314 e. The van der Waals surface area contributed by atoms with Gasteiger partial charge >= 0.3 is 0 Å². The molecular weight excluding hydrogens is 230 g/mol. The van der Waals surface area contributed by atoms with Crippen molar-refractivity contribution >= 4 is 16.3 Å². The number of thiazole rings is 1. The summed E-state index contributed by atoms with van der Waals surface area (Å²) in [6.07, 6.45) is 6.49. The molecule has 0 radical (unpaired) electrons. The van der Waals surface area contributed by atoms with E-state index in [9.17, 15) is 0 Å². The maximum Gasteiger partial charge on any atom is 0.193 e. The maximum absolute atomic E-state index is 4.60. The summed E-state index contributed by atoms with van der Waals surface area (Å²) in [6, 6.07) is 0.579. The molecule has 1 unspecified atom stereocenters. The van der Waals surface area contributed by atoms with Gasteiger partial charge in [-0.3, -0.25) is 4.40 Å². The Morgan fingerprint density at radius 1 is 1.41 bits per heavy atom. The molecule has 0 aliphatic heterocycles. The molecule has 0 aromatic carbocycles. The number of fused-ring (bicyclic) bond motifs is 1. The molecule has 0 amide bonds. The highest BCUT2D eigenvalue weighted by Gasteiger charge is 2.06. The first kappa shape index (κ1) is 12.6. The molecule has 1 atom stereocenters. The van der Waals surface area contributed by atoms with Crippen molar-refractivity contribution in [3.05, 3.63) is 23.5 Å². The Hall–Kier alpha value is -0.870. The normalized spacial score (nSPS) is 13.6. The molecule has 2 rings (SSSR count). The highest BCUT2D eigenvalue weighted by Crippen LogP contribution is 2.14. The number of aryl methyl sites for hydroxylation is 1. The van der Waals surface area contributed by atoms with Crippen LogP contribution in [0.2, 0.25) is 0 Å². The van der Waals surface area contributed by atoms with Crippen molar-refractivity contribution in [2.24, 2.45) is 5.92 Å². The quantitative estimate of drug-likeness (QED) is 0.855. The van der Waals surface area contributed by atoms with E-state index in [-0.39, 0.29) is 0 Å². The van der Waals surface area contributed by atoms with Gasteiger partial charge in [0.05, 0.1) is 5.69 Å². The van der Waals surface area contributed by atoms with Gasteiger partial charge in [0.1, 0.15) is 0 Å². The summed E-state index contributed by atoms with van der Waals surface area (Å²) in [7, 11) is 0. The number of imidazole rings is 1. The second-order valence-corrected chi connectivity index (χ2v) is 5.90.